The van der Waals surface area contributed by atoms with E-state index in [4.69, 9.17) is 4.74 Å². The van der Waals surface area contributed by atoms with E-state index in [0.29, 0.717) is 29.5 Å². The van der Waals surface area contributed by atoms with Gasteiger partial charge in [0.25, 0.3) is 0 Å². The third kappa shape index (κ3) is 4.26. The molecule has 2 aromatic rings. The first-order chi connectivity index (χ1) is 15.0. The van der Waals surface area contributed by atoms with Crippen molar-refractivity contribution in [3.8, 4) is 16.9 Å². The van der Waals surface area contributed by atoms with Gasteiger partial charge in [0.15, 0.2) is 0 Å². The van der Waals surface area contributed by atoms with Gasteiger partial charge in [-0.1, -0.05) is 44.2 Å². The Kier molecular flexibility index (Phi) is 5.81. The molecular weight excluding hydrogens is 385 g/mol. The first-order valence-corrected chi connectivity index (χ1v) is 12.3. The second kappa shape index (κ2) is 8.58. The molecule has 2 aromatic carbocycles. The number of ether oxygens (including phenoxy) is 1. The smallest absolute Gasteiger partial charge is 0.135 e. The maximum absolute atomic E-state index is 15.3. The number of rotatable bonds is 5. The van der Waals surface area contributed by atoms with Crippen molar-refractivity contribution >= 4 is 0 Å². The molecule has 166 valence electrons. The lowest BCUT2D eigenvalue weighted by Gasteiger charge is -2.52. The minimum Gasteiger partial charge on any atom is -0.490 e. The lowest BCUT2D eigenvalue weighted by atomic mass is 9.54. The molecule has 1 spiro atoms. The first-order valence-electron chi connectivity index (χ1n) is 12.3. The predicted molar refractivity (Wildman–Crippen MR) is 125 cm³/mol. The average Bonchev–Trinajstić information content (AvgIpc) is 3.20. The number of benzene rings is 2. The van der Waals surface area contributed by atoms with E-state index in [1.54, 1.807) is 0 Å². The van der Waals surface area contributed by atoms with Crippen LogP contribution in [0.3, 0.4) is 0 Å². The summed E-state index contributed by atoms with van der Waals surface area (Å²) >= 11 is 0. The predicted octanol–water partition coefficient (Wildman–Crippen LogP) is 7.07. The molecule has 3 fully saturated rings. The molecule has 1 saturated heterocycles. The van der Waals surface area contributed by atoms with Crippen LogP contribution in [0.1, 0.15) is 64.4 Å². The molecule has 5 rings (SSSR count). The molecule has 1 heterocycles. The molecule has 2 nitrogen and oxygen atoms in total. The Labute approximate surface area is 186 Å². The first kappa shape index (κ1) is 21.0. The van der Waals surface area contributed by atoms with E-state index in [1.807, 2.05) is 42.5 Å². The molecule has 31 heavy (non-hydrogen) atoms. The minimum atomic E-state index is -0.0806. The van der Waals surface area contributed by atoms with E-state index in [1.165, 1.54) is 32.1 Å². The number of halogens is 1. The van der Waals surface area contributed by atoms with Crippen LogP contribution in [0.4, 0.5) is 4.39 Å². The molecule has 0 N–H and O–H groups in total. The van der Waals surface area contributed by atoms with Crippen LogP contribution >= 0.6 is 0 Å². The van der Waals surface area contributed by atoms with Gasteiger partial charge in [-0.05, 0) is 86.4 Å². The van der Waals surface area contributed by atoms with E-state index < -0.39 is 0 Å². The highest BCUT2D eigenvalue weighted by atomic mass is 19.1. The van der Waals surface area contributed by atoms with Crippen LogP contribution in [0.5, 0.6) is 5.75 Å². The number of hydrogen-bond donors (Lipinski definition) is 0. The van der Waals surface area contributed by atoms with Crippen molar-refractivity contribution in [1.29, 1.82) is 0 Å². The summed E-state index contributed by atoms with van der Waals surface area (Å²) in [6.45, 7) is 7.53. The van der Waals surface area contributed by atoms with Crippen molar-refractivity contribution in [3.05, 3.63) is 53.8 Å². The van der Waals surface area contributed by atoms with Gasteiger partial charge in [-0.2, -0.15) is 0 Å². The molecular formula is C28H36FNO. The third-order valence-corrected chi connectivity index (χ3v) is 8.50. The van der Waals surface area contributed by atoms with Crippen molar-refractivity contribution in [2.24, 2.45) is 17.3 Å². The summed E-state index contributed by atoms with van der Waals surface area (Å²) in [4.78, 5) is 2.36. The quantitative estimate of drug-likeness (QED) is 0.512. The van der Waals surface area contributed by atoms with Gasteiger partial charge < -0.3 is 4.74 Å². The molecule has 3 aliphatic rings. The highest BCUT2D eigenvalue weighted by Crippen LogP contribution is 2.55. The summed E-state index contributed by atoms with van der Waals surface area (Å²) in [6.07, 6.45) is 9.31. The molecule has 2 aliphatic carbocycles. The summed E-state index contributed by atoms with van der Waals surface area (Å²) in [5.74, 6) is 2.44. The molecule has 0 bridgehead atoms. The zero-order valence-electron chi connectivity index (χ0n) is 19.1. The Hall–Kier alpha value is -1.87. The Balaban J connectivity index is 1.22. The van der Waals surface area contributed by atoms with Crippen molar-refractivity contribution < 1.29 is 9.13 Å². The van der Waals surface area contributed by atoms with Crippen LogP contribution in [-0.4, -0.2) is 24.1 Å². The van der Waals surface area contributed by atoms with Crippen molar-refractivity contribution in [2.75, 3.05) is 13.1 Å². The topological polar surface area (TPSA) is 12.5 Å². The number of hydrogen-bond acceptors (Lipinski definition) is 2. The Morgan fingerprint density at radius 3 is 2.32 bits per heavy atom. The second-order valence-electron chi connectivity index (χ2n) is 10.6. The van der Waals surface area contributed by atoms with Crippen LogP contribution in [0.2, 0.25) is 0 Å². The third-order valence-electron chi connectivity index (χ3n) is 8.50. The SMILES string of the molecule is CC1CCN(Cc2cccc(-c3ccc(OC4CCC5(CC4)CCC5C)cc3)c2F)C1. The van der Waals surface area contributed by atoms with E-state index in [2.05, 4.69) is 18.7 Å². The molecule has 2 saturated carbocycles. The largest absolute Gasteiger partial charge is 0.490 e. The van der Waals surface area contributed by atoms with E-state index in [0.717, 1.165) is 48.7 Å². The average molecular weight is 422 g/mol. The fourth-order valence-corrected chi connectivity index (χ4v) is 6.11. The number of nitrogens with zero attached hydrogens (tertiary/aromatic N) is 1. The normalized spacial score (nSPS) is 31.0. The van der Waals surface area contributed by atoms with Crippen LogP contribution in [0.25, 0.3) is 11.1 Å². The molecule has 0 radical (unpaired) electrons. The lowest BCUT2D eigenvalue weighted by molar-refractivity contribution is -0.0287. The Bertz CT molecular complexity index is 900. The molecule has 3 heteroatoms. The van der Waals surface area contributed by atoms with Gasteiger partial charge in [0.1, 0.15) is 11.6 Å². The van der Waals surface area contributed by atoms with Gasteiger partial charge in [-0.3, -0.25) is 4.90 Å². The molecule has 0 aromatic heterocycles. The van der Waals surface area contributed by atoms with Crippen LogP contribution in [0.15, 0.2) is 42.5 Å². The zero-order chi connectivity index (χ0) is 21.4. The van der Waals surface area contributed by atoms with Crippen LogP contribution in [0, 0.1) is 23.1 Å². The van der Waals surface area contributed by atoms with Crippen LogP contribution in [-0.2, 0) is 6.54 Å². The Morgan fingerprint density at radius 2 is 1.71 bits per heavy atom. The molecule has 0 amide bonds. The van der Waals surface area contributed by atoms with Crippen molar-refractivity contribution in [3.63, 3.8) is 0 Å². The standard InChI is InChI=1S/C28H36FNO/c1-20-13-17-30(18-20)19-23-4-3-5-26(27(23)29)22-6-8-24(9-7-22)31-25-11-15-28(16-12-25)14-10-21(28)2/h3-9,20-21,25H,10-19H2,1-2H3. The zero-order valence-corrected chi connectivity index (χ0v) is 19.1. The van der Waals surface area contributed by atoms with Gasteiger partial charge in [0, 0.05) is 24.2 Å². The summed E-state index contributed by atoms with van der Waals surface area (Å²) in [7, 11) is 0. The second-order valence-corrected chi connectivity index (χ2v) is 10.6. The van der Waals surface area contributed by atoms with Gasteiger partial charge in [0.2, 0.25) is 0 Å². The molecule has 2 unspecified atom stereocenters. The van der Waals surface area contributed by atoms with Gasteiger partial charge in [-0.25, -0.2) is 4.39 Å². The summed E-state index contributed by atoms with van der Waals surface area (Å²) in [5.41, 5.74) is 3.04. The van der Waals surface area contributed by atoms with Gasteiger partial charge >= 0.3 is 0 Å². The molecule has 2 atom stereocenters. The van der Waals surface area contributed by atoms with Crippen molar-refractivity contribution in [2.45, 2.75) is 71.4 Å². The maximum atomic E-state index is 15.3. The minimum absolute atomic E-state index is 0.0806. The van der Waals surface area contributed by atoms with E-state index in [9.17, 15) is 0 Å². The summed E-state index contributed by atoms with van der Waals surface area (Å²) in [6, 6.07) is 13.8. The Morgan fingerprint density at radius 1 is 0.968 bits per heavy atom. The maximum Gasteiger partial charge on any atom is 0.135 e. The number of likely N-dealkylation sites (tertiary alicyclic amines) is 1. The van der Waals surface area contributed by atoms with E-state index >= 15 is 4.39 Å². The highest BCUT2D eigenvalue weighted by molar-refractivity contribution is 5.65. The summed E-state index contributed by atoms with van der Waals surface area (Å²) in [5, 5.41) is 0. The highest BCUT2D eigenvalue weighted by Gasteiger charge is 2.46. The fraction of sp³-hybridized carbons (Fsp3) is 0.571. The van der Waals surface area contributed by atoms with E-state index in [-0.39, 0.29) is 5.82 Å². The monoisotopic (exact) mass is 421 g/mol. The van der Waals surface area contributed by atoms with Crippen molar-refractivity contribution in [1.82, 2.24) is 4.90 Å². The summed E-state index contributed by atoms with van der Waals surface area (Å²) < 4.78 is 21.6. The molecule has 1 aliphatic heterocycles. The lowest BCUT2D eigenvalue weighted by Crippen LogP contribution is -2.43. The van der Waals surface area contributed by atoms with Gasteiger partial charge in [-0.15, -0.1) is 0 Å². The van der Waals surface area contributed by atoms with Gasteiger partial charge in [0.05, 0.1) is 6.10 Å². The van der Waals surface area contributed by atoms with Crippen LogP contribution < -0.4 is 4.74 Å². The fourth-order valence-electron chi connectivity index (χ4n) is 6.11.